The summed E-state index contributed by atoms with van der Waals surface area (Å²) in [5, 5.41) is 15.7. The number of aromatic amines is 1. The predicted molar refractivity (Wildman–Crippen MR) is 129 cm³/mol. The molecule has 0 bridgehead atoms. The highest BCUT2D eigenvalue weighted by Crippen LogP contribution is 2.20. The molecule has 4 rings (SSSR count). The number of fused-ring (bicyclic) bond motifs is 1. The lowest BCUT2D eigenvalue weighted by molar-refractivity contribution is -0.147. The molecule has 0 atom stereocenters. The van der Waals surface area contributed by atoms with Crippen LogP contribution in [0.5, 0.6) is 0 Å². The fourth-order valence-corrected chi connectivity index (χ4v) is 4.03. The molecule has 2 aromatic carbocycles. The second-order valence-corrected chi connectivity index (χ2v) is 8.33. The number of amides is 3. The number of carbonyl (C=O) groups is 4. The molecule has 1 aliphatic carbocycles. The van der Waals surface area contributed by atoms with Crippen molar-refractivity contribution in [3.63, 3.8) is 0 Å². The maximum atomic E-state index is 12.6. The number of rotatable bonds is 9. The van der Waals surface area contributed by atoms with Crippen LogP contribution in [0.3, 0.4) is 0 Å². The number of hydrogen-bond donors (Lipinski definition) is 4. The van der Waals surface area contributed by atoms with Gasteiger partial charge in [0.1, 0.15) is 0 Å². The van der Waals surface area contributed by atoms with Gasteiger partial charge in [-0.15, -0.1) is 0 Å². The molecule has 3 aromatic rings. The predicted octanol–water partition coefficient (Wildman–Crippen LogP) is 2.54. The molecule has 182 valence electrons. The van der Waals surface area contributed by atoms with Crippen LogP contribution >= 0.6 is 0 Å². The van der Waals surface area contributed by atoms with Crippen LogP contribution in [0.2, 0.25) is 0 Å². The number of esters is 1. The van der Waals surface area contributed by atoms with E-state index in [-0.39, 0.29) is 30.6 Å². The number of hydrogen-bond acceptors (Lipinski definition) is 6. The molecule has 0 aliphatic heterocycles. The number of nitrogens with zero attached hydrogens (tertiary/aromatic N) is 1. The third-order valence-electron chi connectivity index (χ3n) is 5.80. The summed E-state index contributed by atoms with van der Waals surface area (Å²) < 4.78 is 5.00. The molecule has 10 nitrogen and oxygen atoms in total. The van der Waals surface area contributed by atoms with Crippen LogP contribution in [0, 0.1) is 0 Å². The summed E-state index contributed by atoms with van der Waals surface area (Å²) >= 11 is 0. The second kappa shape index (κ2) is 11.3. The van der Waals surface area contributed by atoms with Crippen molar-refractivity contribution in [2.24, 2.45) is 0 Å². The minimum atomic E-state index is -0.639. The number of carbonyl (C=O) groups excluding carboxylic acids is 4. The molecule has 10 heteroatoms. The van der Waals surface area contributed by atoms with Crippen molar-refractivity contribution in [2.45, 2.75) is 38.1 Å². The highest BCUT2D eigenvalue weighted by atomic mass is 16.5. The molecule has 3 amide bonds. The molecular formula is C25H27N5O5. The van der Waals surface area contributed by atoms with Crippen LogP contribution in [0.25, 0.3) is 10.9 Å². The van der Waals surface area contributed by atoms with Gasteiger partial charge in [-0.2, -0.15) is 5.10 Å². The average molecular weight is 478 g/mol. The third-order valence-corrected chi connectivity index (χ3v) is 5.80. The van der Waals surface area contributed by atoms with Gasteiger partial charge in [-0.25, -0.2) is 0 Å². The third kappa shape index (κ3) is 6.23. The molecule has 0 spiro atoms. The summed E-state index contributed by atoms with van der Waals surface area (Å²) in [6, 6.07) is 14.1. The van der Waals surface area contributed by atoms with E-state index in [0.29, 0.717) is 16.6 Å². The molecular weight excluding hydrogens is 450 g/mol. The number of benzene rings is 2. The van der Waals surface area contributed by atoms with Gasteiger partial charge in [0.15, 0.2) is 12.3 Å². The lowest BCUT2D eigenvalue weighted by atomic mass is 10.1. The van der Waals surface area contributed by atoms with Crippen molar-refractivity contribution >= 4 is 40.3 Å². The monoisotopic (exact) mass is 477 g/mol. The lowest BCUT2D eigenvalue weighted by Gasteiger charge is -2.15. The van der Waals surface area contributed by atoms with Gasteiger partial charge in [0.25, 0.3) is 17.7 Å². The van der Waals surface area contributed by atoms with Gasteiger partial charge in [0.05, 0.1) is 23.2 Å². The maximum Gasteiger partial charge on any atom is 0.308 e. The first-order valence-electron chi connectivity index (χ1n) is 11.6. The Bertz CT molecular complexity index is 1230. The zero-order chi connectivity index (χ0) is 24.6. The molecule has 1 aromatic heterocycles. The van der Waals surface area contributed by atoms with Gasteiger partial charge in [-0.05, 0) is 31.0 Å². The Kier molecular flexibility index (Phi) is 7.71. The van der Waals surface area contributed by atoms with Crippen molar-refractivity contribution in [2.75, 3.05) is 18.5 Å². The SMILES string of the molecule is O=C(COC(=O)CCNC(=O)c1n[nH]c2ccccc12)Nc1ccccc1C(=O)NC1CCCC1. The van der Waals surface area contributed by atoms with E-state index in [1.807, 2.05) is 12.1 Å². The zero-order valence-corrected chi connectivity index (χ0v) is 19.1. The molecule has 1 fully saturated rings. The van der Waals surface area contributed by atoms with Crippen molar-refractivity contribution < 1.29 is 23.9 Å². The van der Waals surface area contributed by atoms with E-state index >= 15 is 0 Å². The molecule has 4 N–H and O–H groups in total. The first-order valence-corrected chi connectivity index (χ1v) is 11.6. The van der Waals surface area contributed by atoms with Gasteiger partial charge in [0.2, 0.25) is 0 Å². The van der Waals surface area contributed by atoms with Crippen LogP contribution in [-0.4, -0.2) is 53.1 Å². The van der Waals surface area contributed by atoms with Crippen LogP contribution in [0.15, 0.2) is 48.5 Å². The molecule has 0 unspecified atom stereocenters. The second-order valence-electron chi connectivity index (χ2n) is 8.33. The smallest absolute Gasteiger partial charge is 0.308 e. The normalized spacial score (nSPS) is 13.4. The Morgan fingerprint density at radius 2 is 1.71 bits per heavy atom. The summed E-state index contributed by atoms with van der Waals surface area (Å²) in [4.78, 5) is 49.2. The first kappa shape index (κ1) is 23.9. The molecule has 35 heavy (non-hydrogen) atoms. The summed E-state index contributed by atoms with van der Waals surface area (Å²) in [5.41, 5.74) is 1.68. The maximum absolute atomic E-state index is 12.6. The molecule has 0 saturated heterocycles. The Morgan fingerprint density at radius 3 is 2.54 bits per heavy atom. The zero-order valence-electron chi connectivity index (χ0n) is 19.1. The van der Waals surface area contributed by atoms with Crippen LogP contribution < -0.4 is 16.0 Å². The van der Waals surface area contributed by atoms with Crippen LogP contribution in [0.1, 0.15) is 53.0 Å². The van der Waals surface area contributed by atoms with Crippen molar-refractivity contribution in [1.29, 1.82) is 0 Å². The molecule has 1 aliphatic rings. The van der Waals surface area contributed by atoms with Crippen LogP contribution in [0.4, 0.5) is 5.69 Å². The quantitative estimate of drug-likeness (QED) is 0.349. The number of para-hydroxylation sites is 2. The fourth-order valence-electron chi connectivity index (χ4n) is 4.03. The highest BCUT2D eigenvalue weighted by Gasteiger charge is 2.20. The topological polar surface area (TPSA) is 142 Å². The number of nitrogens with one attached hydrogen (secondary N) is 4. The number of anilines is 1. The van der Waals surface area contributed by atoms with Gasteiger partial charge in [0, 0.05) is 18.0 Å². The Hall–Kier alpha value is -4.21. The van der Waals surface area contributed by atoms with E-state index in [4.69, 9.17) is 4.74 Å². The molecule has 1 heterocycles. The van der Waals surface area contributed by atoms with E-state index in [2.05, 4.69) is 26.1 Å². The molecule has 1 saturated carbocycles. The van der Waals surface area contributed by atoms with Crippen LogP contribution in [-0.2, 0) is 14.3 Å². The van der Waals surface area contributed by atoms with Gasteiger partial charge in [-0.3, -0.25) is 24.3 Å². The highest BCUT2D eigenvalue weighted by molar-refractivity contribution is 6.05. The Morgan fingerprint density at radius 1 is 0.971 bits per heavy atom. The number of ether oxygens (including phenoxy) is 1. The average Bonchev–Trinajstić information content (AvgIpc) is 3.53. The number of aromatic nitrogens is 2. The first-order chi connectivity index (χ1) is 17.0. The van der Waals surface area contributed by atoms with Crippen molar-refractivity contribution in [3.05, 3.63) is 59.8 Å². The van der Waals surface area contributed by atoms with E-state index in [9.17, 15) is 19.2 Å². The minimum Gasteiger partial charge on any atom is -0.456 e. The Labute approximate surface area is 201 Å². The van der Waals surface area contributed by atoms with E-state index in [0.717, 1.165) is 31.2 Å². The summed E-state index contributed by atoms with van der Waals surface area (Å²) in [6.45, 7) is -0.472. The van der Waals surface area contributed by atoms with Gasteiger partial charge >= 0.3 is 5.97 Å². The number of H-pyrrole nitrogens is 1. The minimum absolute atomic E-state index is 0.0324. The fraction of sp³-hybridized carbons (Fsp3) is 0.320. The van der Waals surface area contributed by atoms with E-state index in [1.165, 1.54) is 0 Å². The van der Waals surface area contributed by atoms with Crippen molar-refractivity contribution in [1.82, 2.24) is 20.8 Å². The van der Waals surface area contributed by atoms with Gasteiger partial charge < -0.3 is 20.7 Å². The standard InChI is InChI=1S/C25H27N5O5/c31-21(28-19-11-5-4-10-18(19)24(33)27-16-7-1-2-8-16)15-35-22(32)13-14-26-25(34)23-17-9-3-6-12-20(17)29-30-23/h3-6,9-12,16H,1-2,7-8,13-15H2,(H,26,34)(H,27,33)(H,28,31)(H,29,30). The summed E-state index contributed by atoms with van der Waals surface area (Å²) in [7, 11) is 0. The lowest BCUT2D eigenvalue weighted by Crippen LogP contribution is -2.33. The summed E-state index contributed by atoms with van der Waals surface area (Å²) in [6.07, 6.45) is 3.99. The Balaban J connectivity index is 1.21. The molecule has 0 radical (unpaired) electrons. The summed E-state index contributed by atoms with van der Waals surface area (Å²) in [5.74, 6) is -1.86. The van der Waals surface area contributed by atoms with Gasteiger partial charge in [-0.1, -0.05) is 43.2 Å². The van der Waals surface area contributed by atoms with E-state index in [1.54, 1.807) is 36.4 Å². The van der Waals surface area contributed by atoms with E-state index < -0.39 is 24.4 Å². The van der Waals surface area contributed by atoms with Crippen molar-refractivity contribution in [3.8, 4) is 0 Å². The largest absolute Gasteiger partial charge is 0.456 e.